The summed E-state index contributed by atoms with van der Waals surface area (Å²) in [5.74, 6) is 1.69. The molecule has 7 nitrogen and oxygen atoms in total. The van der Waals surface area contributed by atoms with Crippen LogP contribution in [0.3, 0.4) is 0 Å². The smallest absolute Gasteiger partial charge is 0.231 e. The molecule has 0 aromatic carbocycles. The molecular weight excluding hydrogens is 288 g/mol. The van der Waals surface area contributed by atoms with Crippen LogP contribution in [0.25, 0.3) is 0 Å². The van der Waals surface area contributed by atoms with Crippen molar-refractivity contribution >= 4 is 29.6 Å². The van der Waals surface area contributed by atoms with Gasteiger partial charge in [0, 0.05) is 31.9 Å². The van der Waals surface area contributed by atoms with Crippen molar-refractivity contribution in [3.8, 4) is 0 Å². The highest BCUT2D eigenvalue weighted by Gasteiger charge is 2.17. The third-order valence-electron chi connectivity index (χ3n) is 2.95. The van der Waals surface area contributed by atoms with E-state index in [1.165, 1.54) is 0 Å². The normalized spacial score (nSPS) is 13.6. The van der Waals surface area contributed by atoms with E-state index in [-0.39, 0.29) is 17.9 Å². The molecule has 120 valence electrons. The molecule has 0 aliphatic heterocycles. The zero-order valence-electron chi connectivity index (χ0n) is 13.4. The van der Waals surface area contributed by atoms with Gasteiger partial charge >= 0.3 is 0 Å². The monoisotopic (exact) mass is 314 g/mol. The SMILES string of the molecule is CCCNc1nc(NC(C)C(CO)SC)nc(N(C)C)n1. The number of aromatic nitrogens is 3. The Morgan fingerprint density at radius 1 is 1.24 bits per heavy atom. The van der Waals surface area contributed by atoms with Crippen LogP contribution in [0.4, 0.5) is 17.8 Å². The molecule has 0 spiro atoms. The second-order valence-electron chi connectivity index (χ2n) is 4.99. The van der Waals surface area contributed by atoms with Crippen LogP contribution in [0.15, 0.2) is 0 Å². The molecule has 1 rings (SSSR count). The fourth-order valence-electron chi connectivity index (χ4n) is 1.68. The number of anilines is 3. The van der Waals surface area contributed by atoms with Gasteiger partial charge in [-0.1, -0.05) is 6.92 Å². The molecule has 0 amide bonds. The van der Waals surface area contributed by atoms with Gasteiger partial charge in [0.2, 0.25) is 17.8 Å². The molecule has 8 heteroatoms. The van der Waals surface area contributed by atoms with Crippen LogP contribution in [0.1, 0.15) is 20.3 Å². The summed E-state index contributed by atoms with van der Waals surface area (Å²) in [6, 6.07) is 0.0569. The van der Waals surface area contributed by atoms with E-state index in [4.69, 9.17) is 0 Å². The molecule has 1 aromatic heterocycles. The predicted octanol–water partition coefficient (Wildman–Crippen LogP) is 1.28. The Morgan fingerprint density at radius 2 is 1.90 bits per heavy atom. The topological polar surface area (TPSA) is 86.2 Å². The van der Waals surface area contributed by atoms with Crippen molar-refractivity contribution in [2.75, 3.05) is 49.0 Å². The third kappa shape index (κ3) is 5.55. The van der Waals surface area contributed by atoms with Crippen molar-refractivity contribution in [3.63, 3.8) is 0 Å². The van der Waals surface area contributed by atoms with Crippen LogP contribution >= 0.6 is 11.8 Å². The maximum atomic E-state index is 9.35. The van der Waals surface area contributed by atoms with Gasteiger partial charge in [-0.2, -0.15) is 26.7 Å². The molecule has 1 aromatic rings. The summed E-state index contributed by atoms with van der Waals surface area (Å²) in [5.41, 5.74) is 0. The Hall–Kier alpha value is -1.28. The van der Waals surface area contributed by atoms with E-state index in [9.17, 15) is 5.11 Å². The van der Waals surface area contributed by atoms with Crippen molar-refractivity contribution in [3.05, 3.63) is 0 Å². The predicted molar refractivity (Wildman–Crippen MR) is 90.4 cm³/mol. The molecule has 0 saturated carbocycles. The van der Waals surface area contributed by atoms with Gasteiger partial charge in [-0.3, -0.25) is 0 Å². The first-order valence-corrected chi connectivity index (χ1v) is 8.38. The number of aliphatic hydroxyl groups is 1. The Kier molecular flexibility index (Phi) is 7.52. The average molecular weight is 314 g/mol. The summed E-state index contributed by atoms with van der Waals surface area (Å²) in [7, 11) is 3.79. The number of hydrogen-bond acceptors (Lipinski definition) is 8. The first kappa shape index (κ1) is 17.8. The highest BCUT2D eigenvalue weighted by molar-refractivity contribution is 7.99. The van der Waals surface area contributed by atoms with Crippen molar-refractivity contribution < 1.29 is 5.11 Å². The standard InChI is InChI=1S/C13H26N6OS/c1-6-7-14-11-16-12(18-13(17-11)19(3)4)15-9(2)10(8-20)21-5/h9-10,20H,6-8H2,1-5H3,(H2,14,15,16,17,18). The number of aliphatic hydroxyl groups excluding tert-OH is 1. The van der Waals surface area contributed by atoms with Crippen LogP contribution in [-0.2, 0) is 0 Å². The van der Waals surface area contributed by atoms with Crippen LogP contribution in [-0.4, -0.2) is 64.9 Å². The summed E-state index contributed by atoms with van der Waals surface area (Å²) in [5, 5.41) is 15.9. The lowest BCUT2D eigenvalue weighted by Crippen LogP contribution is -2.32. The molecule has 1 heterocycles. The molecule has 0 bridgehead atoms. The summed E-state index contributed by atoms with van der Waals surface area (Å²) < 4.78 is 0. The molecule has 0 radical (unpaired) electrons. The lowest BCUT2D eigenvalue weighted by Gasteiger charge is -2.22. The van der Waals surface area contributed by atoms with Crippen LogP contribution in [0, 0.1) is 0 Å². The van der Waals surface area contributed by atoms with Gasteiger partial charge in [0.25, 0.3) is 0 Å². The zero-order chi connectivity index (χ0) is 15.8. The molecule has 0 aliphatic carbocycles. The molecule has 0 fully saturated rings. The molecule has 0 saturated heterocycles. The Balaban J connectivity index is 2.91. The number of rotatable bonds is 9. The lowest BCUT2D eigenvalue weighted by atomic mass is 10.2. The van der Waals surface area contributed by atoms with E-state index in [1.54, 1.807) is 11.8 Å². The maximum Gasteiger partial charge on any atom is 0.231 e. The van der Waals surface area contributed by atoms with E-state index < -0.39 is 0 Å². The largest absolute Gasteiger partial charge is 0.395 e. The summed E-state index contributed by atoms with van der Waals surface area (Å²) >= 11 is 1.62. The molecule has 2 atom stereocenters. The Morgan fingerprint density at radius 3 is 2.43 bits per heavy atom. The van der Waals surface area contributed by atoms with Gasteiger partial charge in [-0.05, 0) is 19.6 Å². The second-order valence-corrected chi connectivity index (χ2v) is 6.07. The van der Waals surface area contributed by atoms with Crippen molar-refractivity contribution in [2.45, 2.75) is 31.6 Å². The van der Waals surface area contributed by atoms with Gasteiger partial charge in [-0.15, -0.1) is 0 Å². The lowest BCUT2D eigenvalue weighted by molar-refractivity contribution is 0.288. The van der Waals surface area contributed by atoms with E-state index in [2.05, 4.69) is 32.5 Å². The first-order valence-electron chi connectivity index (χ1n) is 7.09. The average Bonchev–Trinajstić information content (AvgIpc) is 2.46. The van der Waals surface area contributed by atoms with Crippen LogP contribution in [0.2, 0.25) is 0 Å². The minimum Gasteiger partial charge on any atom is -0.395 e. The van der Waals surface area contributed by atoms with Crippen LogP contribution < -0.4 is 15.5 Å². The fourth-order valence-corrected chi connectivity index (χ4v) is 2.30. The minimum atomic E-state index is 0.0569. The van der Waals surface area contributed by atoms with E-state index in [0.717, 1.165) is 13.0 Å². The Bertz CT molecular complexity index is 427. The van der Waals surface area contributed by atoms with Gasteiger partial charge in [0.05, 0.1) is 6.61 Å². The summed E-state index contributed by atoms with van der Waals surface area (Å²) in [4.78, 5) is 15.0. The zero-order valence-corrected chi connectivity index (χ0v) is 14.2. The van der Waals surface area contributed by atoms with Crippen molar-refractivity contribution in [2.24, 2.45) is 0 Å². The summed E-state index contributed by atoms with van der Waals surface area (Å²) in [6.07, 6.45) is 2.98. The van der Waals surface area contributed by atoms with E-state index in [1.807, 2.05) is 32.2 Å². The van der Waals surface area contributed by atoms with Gasteiger partial charge in [0.15, 0.2) is 0 Å². The second kappa shape index (κ2) is 8.89. The molecular formula is C13H26N6OS. The number of nitrogens with one attached hydrogen (secondary N) is 2. The molecule has 0 aliphatic rings. The Labute approximate surface area is 131 Å². The summed E-state index contributed by atoms with van der Waals surface area (Å²) in [6.45, 7) is 5.03. The van der Waals surface area contributed by atoms with Crippen molar-refractivity contribution in [1.82, 2.24) is 15.0 Å². The third-order valence-corrected chi connectivity index (χ3v) is 4.12. The first-order chi connectivity index (χ1) is 10.0. The van der Waals surface area contributed by atoms with Crippen LogP contribution in [0.5, 0.6) is 0 Å². The van der Waals surface area contributed by atoms with Crippen molar-refractivity contribution in [1.29, 1.82) is 0 Å². The number of nitrogens with zero attached hydrogens (tertiary/aromatic N) is 4. The van der Waals surface area contributed by atoms with E-state index in [0.29, 0.717) is 17.8 Å². The number of thioether (sulfide) groups is 1. The minimum absolute atomic E-state index is 0.0569. The van der Waals surface area contributed by atoms with Gasteiger partial charge in [0.1, 0.15) is 0 Å². The molecule has 2 unspecified atom stereocenters. The highest BCUT2D eigenvalue weighted by atomic mass is 32.2. The molecule has 21 heavy (non-hydrogen) atoms. The van der Waals surface area contributed by atoms with E-state index >= 15 is 0 Å². The van der Waals surface area contributed by atoms with Gasteiger partial charge in [-0.25, -0.2) is 0 Å². The fraction of sp³-hybridized carbons (Fsp3) is 0.769. The van der Waals surface area contributed by atoms with Gasteiger partial charge < -0.3 is 20.6 Å². The molecule has 3 N–H and O–H groups in total. The highest BCUT2D eigenvalue weighted by Crippen LogP contribution is 2.16. The maximum absolute atomic E-state index is 9.35. The quantitative estimate of drug-likeness (QED) is 0.628. The number of hydrogen-bond donors (Lipinski definition) is 3.